The number of carbonyl (C=O) groups excluding carboxylic acids is 3. The minimum Gasteiger partial charge on any atom is -0.480 e. The van der Waals surface area contributed by atoms with Crippen LogP contribution in [-0.4, -0.2) is 91.0 Å². The van der Waals surface area contributed by atoms with Gasteiger partial charge in [-0.15, -0.1) is 0 Å². The van der Waals surface area contributed by atoms with E-state index in [-0.39, 0.29) is 37.5 Å². The number of H-pyrrole nitrogens is 1. The van der Waals surface area contributed by atoms with Gasteiger partial charge in [-0.3, -0.25) is 9.59 Å². The second-order valence-electron chi connectivity index (χ2n) is 16.5. The Morgan fingerprint density at radius 2 is 1.90 bits per heavy atom. The van der Waals surface area contributed by atoms with Crippen molar-refractivity contribution in [2.24, 2.45) is 0 Å². The minimum absolute atomic E-state index is 0.00225. The van der Waals surface area contributed by atoms with Crippen molar-refractivity contribution in [3.05, 3.63) is 91.9 Å². The number of piperazine rings is 1. The monoisotopic (exact) mass is 806 g/mol. The van der Waals surface area contributed by atoms with E-state index in [4.69, 9.17) is 4.74 Å². The summed E-state index contributed by atoms with van der Waals surface area (Å²) in [6, 6.07) is 10.5. The van der Waals surface area contributed by atoms with E-state index in [1.165, 1.54) is 10.8 Å². The number of ether oxygens (including phenoxy) is 1. The van der Waals surface area contributed by atoms with E-state index in [0.29, 0.717) is 55.0 Å². The van der Waals surface area contributed by atoms with Crippen molar-refractivity contribution in [2.75, 3.05) is 31.1 Å². The molecule has 310 valence electrons. The zero-order valence-corrected chi connectivity index (χ0v) is 34.3. The number of carboxylic acid groups (broad SMARTS) is 1. The van der Waals surface area contributed by atoms with Crippen LogP contribution in [-0.2, 0) is 32.7 Å². The van der Waals surface area contributed by atoms with Gasteiger partial charge >= 0.3 is 18.0 Å². The number of imidazole rings is 1. The van der Waals surface area contributed by atoms with Crippen molar-refractivity contribution >= 4 is 52.4 Å². The molecular weight excluding hydrogens is 757 g/mol. The van der Waals surface area contributed by atoms with Crippen LogP contribution in [0.15, 0.2) is 42.6 Å². The van der Waals surface area contributed by atoms with E-state index in [0.717, 1.165) is 39.8 Å². The van der Waals surface area contributed by atoms with Crippen molar-refractivity contribution in [1.82, 2.24) is 24.8 Å². The Hall–Kier alpha value is -6.50. The Morgan fingerprint density at radius 1 is 1.17 bits per heavy atom. The number of nitriles is 1. The van der Waals surface area contributed by atoms with Gasteiger partial charge in [0.25, 0.3) is 0 Å². The number of hydrogen-bond acceptors (Lipinski definition) is 10. The van der Waals surface area contributed by atoms with Crippen molar-refractivity contribution in [3.63, 3.8) is 0 Å². The van der Waals surface area contributed by atoms with Gasteiger partial charge in [-0.1, -0.05) is 37.9 Å². The van der Waals surface area contributed by atoms with Crippen molar-refractivity contribution < 1.29 is 33.9 Å². The van der Waals surface area contributed by atoms with Crippen LogP contribution in [0.25, 0.3) is 17.0 Å². The van der Waals surface area contributed by atoms with Gasteiger partial charge in [0, 0.05) is 65.9 Å². The maximum atomic E-state index is 14.1. The van der Waals surface area contributed by atoms with Gasteiger partial charge in [-0.25, -0.2) is 14.2 Å². The summed E-state index contributed by atoms with van der Waals surface area (Å²) in [6.45, 7) is 13.7. The fraction of sp³-hybridized carbons (Fsp3) is 0.442. The molecule has 6 rings (SSSR count). The summed E-state index contributed by atoms with van der Waals surface area (Å²) in [4.78, 5) is 73.9. The summed E-state index contributed by atoms with van der Waals surface area (Å²) in [5, 5.41) is 33.8. The third kappa shape index (κ3) is 8.99. The van der Waals surface area contributed by atoms with E-state index in [1.54, 1.807) is 45.1 Å². The van der Waals surface area contributed by atoms with Gasteiger partial charge < -0.3 is 40.1 Å². The number of aliphatic carboxylic acids is 1. The predicted octanol–water partition coefficient (Wildman–Crippen LogP) is 6.48. The Kier molecular flexibility index (Phi) is 12.0. The molecule has 2 aromatic carbocycles. The van der Waals surface area contributed by atoms with Crippen LogP contribution in [0.5, 0.6) is 0 Å². The average Bonchev–Trinajstić information content (AvgIpc) is 3.79. The Morgan fingerprint density at radius 3 is 2.54 bits per heavy atom. The molecule has 1 aliphatic carbocycles. The molecule has 2 amide bonds. The number of nitrogens with one attached hydrogen (secondary N) is 2. The topological polar surface area (TPSA) is 217 Å². The van der Waals surface area contributed by atoms with Crippen molar-refractivity contribution in [3.8, 4) is 6.07 Å². The zero-order valence-electron chi connectivity index (χ0n) is 34.3. The number of rotatable bonds is 13. The highest BCUT2D eigenvalue weighted by Crippen LogP contribution is 2.46. The lowest BCUT2D eigenvalue weighted by Gasteiger charge is -2.39. The first-order valence-electron chi connectivity index (χ1n) is 19.8. The number of anilines is 1. The molecule has 3 heterocycles. The van der Waals surface area contributed by atoms with Crippen LogP contribution in [0.1, 0.15) is 111 Å². The highest BCUT2D eigenvalue weighted by Gasteiger charge is 2.41. The number of allylic oxidation sites excluding steroid dienone is 1. The molecule has 0 spiro atoms. The highest BCUT2D eigenvalue weighted by atomic mass is 16.6. The Balaban J connectivity index is 1.04. The van der Waals surface area contributed by atoms with E-state index in [2.05, 4.69) is 53.1 Å². The summed E-state index contributed by atoms with van der Waals surface area (Å²) >= 11 is 0. The number of carbonyl (C=O) groups is 4. The molecule has 4 aromatic rings. The van der Waals surface area contributed by atoms with Gasteiger partial charge in [0.15, 0.2) is 11.5 Å². The summed E-state index contributed by atoms with van der Waals surface area (Å²) in [6.07, 6.45) is 5.60. The summed E-state index contributed by atoms with van der Waals surface area (Å²) in [5.41, 5.74) is 5.56. The molecule has 1 fully saturated rings. The normalized spacial score (nSPS) is 15.4. The van der Waals surface area contributed by atoms with E-state index in [9.17, 15) is 39.7 Å². The molecule has 1 aliphatic heterocycles. The van der Waals surface area contributed by atoms with Crippen LogP contribution in [0, 0.1) is 21.4 Å². The zero-order chi connectivity index (χ0) is 42.8. The van der Waals surface area contributed by atoms with Crippen molar-refractivity contribution in [1.29, 1.82) is 5.26 Å². The van der Waals surface area contributed by atoms with E-state index >= 15 is 0 Å². The molecule has 16 nitrogen and oxygen atoms in total. The molecule has 59 heavy (non-hydrogen) atoms. The number of nitro groups is 1. The van der Waals surface area contributed by atoms with Gasteiger partial charge in [-0.2, -0.15) is 5.26 Å². The molecule has 3 N–H and O–H groups in total. The summed E-state index contributed by atoms with van der Waals surface area (Å²) in [7, 11) is 0. The number of aromatic nitrogens is 3. The standard InChI is InChI=1S/C43H50N8O8/c1-7-27-22-30-31(43(5,6)38-36(37(30)53)29-15-14-26(24-44)21-33(29)46-38)23-34(27)48-17-19-49(20-18-48)35(52)13-9-8-11-28-25-50(40(45-28)51(57)58)16-10-12-32(39(54)55)47-41(56)59-42(2,3)4/h8,11,14-15,21-23,25,32,46H,7,9-10,12-13,16-20H2,1-6H3,(H,47,56)(H,54,55)/b11-8+/t32-/m0/s1. The number of carboxylic acids is 1. The third-order valence-electron chi connectivity index (χ3n) is 10.9. The Labute approximate surface area is 342 Å². The number of alkyl carbamates (subject to hydrolysis) is 1. The molecule has 2 aliphatic rings. The molecule has 1 saturated heterocycles. The lowest BCUT2D eigenvalue weighted by molar-refractivity contribution is -0.396. The molecule has 0 unspecified atom stereocenters. The Bertz CT molecular complexity index is 2390. The van der Waals surface area contributed by atoms with E-state index in [1.807, 2.05) is 17.0 Å². The van der Waals surface area contributed by atoms with Crippen LogP contribution in [0.4, 0.5) is 16.4 Å². The number of hydrogen-bond donors (Lipinski definition) is 3. The van der Waals surface area contributed by atoms with Crippen LogP contribution in [0.3, 0.4) is 0 Å². The molecule has 16 heteroatoms. The lowest BCUT2D eigenvalue weighted by atomic mass is 9.70. The lowest BCUT2D eigenvalue weighted by Crippen LogP contribution is -2.49. The van der Waals surface area contributed by atoms with Gasteiger partial charge in [-0.05, 0) is 92.8 Å². The first kappa shape index (κ1) is 42.1. The largest absolute Gasteiger partial charge is 0.480 e. The molecular formula is C43H50N8O8. The SMILES string of the molecule is CCc1cc2c(cc1N1CCN(C(=O)CC/C=C/c3cn(CCC[C@H](NC(=O)OC(C)(C)C)C(=O)O)c([N+](=O)[O-])n3)CC1)C(C)(C)c1[nH]c3cc(C#N)ccc3c1C2=O. The number of nitrogens with zero attached hydrogens (tertiary/aromatic N) is 6. The number of aromatic amines is 1. The number of amides is 2. The second-order valence-corrected chi connectivity index (χ2v) is 16.5. The fourth-order valence-corrected chi connectivity index (χ4v) is 7.91. The number of fused-ring (bicyclic) bond motifs is 4. The molecule has 0 radical (unpaired) electrons. The van der Waals surface area contributed by atoms with Crippen molar-refractivity contribution in [2.45, 2.75) is 97.2 Å². The summed E-state index contributed by atoms with van der Waals surface area (Å²) < 4.78 is 6.47. The fourth-order valence-electron chi connectivity index (χ4n) is 7.91. The maximum Gasteiger partial charge on any atom is 0.435 e. The van der Waals surface area contributed by atoms with Crippen LogP contribution < -0.4 is 10.2 Å². The number of benzene rings is 2. The quantitative estimate of drug-likeness (QED) is 0.0982. The first-order chi connectivity index (χ1) is 27.9. The average molecular weight is 807 g/mol. The first-order valence-corrected chi connectivity index (χ1v) is 19.8. The van der Waals surface area contributed by atoms with Crippen LogP contribution >= 0.6 is 0 Å². The molecule has 0 bridgehead atoms. The van der Waals surface area contributed by atoms with Gasteiger partial charge in [0.05, 0.1) is 23.7 Å². The molecule has 2 aromatic heterocycles. The number of ketones is 1. The molecule has 1 atom stereocenters. The maximum absolute atomic E-state index is 14.1. The molecule has 0 saturated carbocycles. The third-order valence-corrected chi connectivity index (χ3v) is 10.9. The van der Waals surface area contributed by atoms with Crippen LogP contribution in [0.2, 0.25) is 0 Å². The predicted molar refractivity (Wildman–Crippen MR) is 220 cm³/mol. The smallest absolute Gasteiger partial charge is 0.435 e. The number of aryl methyl sites for hydroxylation is 2. The van der Waals surface area contributed by atoms with E-state index < -0.39 is 40.0 Å². The second kappa shape index (κ2) is 16.8. The van der Waals surface area contributed by atoms with Gasteiger partial charge in [0.2, 0.25) is 5.91 Å². The minimum atomic E-state index is -1.25. The highest BCUT2D eigenvalue weighted by molar-refractivity contribution is 6.20. The summed E-state index contributed by atoms with van der Waals surface area (Å²) in [5.74, 6) is -1.68. The van der Waals surface area contributed by atoms with Gasteiger partial charge in [0.1, 0.15) is 17.8 Å².